The van der Waals surface area contributed by atoms with Crippen molar-refractivity contribution in [1.29, 1.82) is 0 Å². The first kappa shape index (κ1) is 19.1. The molecule has 144 valence electrons. The van der Waals surface area contributed by atoms with Gasteiger partial charge in [-0.3, -0.25) is 4.90 Å². The van der Waals surface area contributed by atoms with Crippen LogP contribution >= 0.6 is 0 Å². The Hall–Kier alpha value is -1.66. The summed E-state index contributed by atoms with van der Waals surface area (Å²) in [4.78, 5) is 13.7. The third kappa shape index (κ3) is 4.18. The van der Waals surface area contributed by atoms with Crippen LogP contribution in [0.4, 0.5) is 9.18 Å². The first-order chi connectivity index (χ1) is 12.5. The topological polar surface area (TPSA) is 64.8 Å². The Morgan fingerprint density at radius 3 is 2.69 bits per heavy atom. The van der Waals surface area contributed by atoms with Crippen LogP contribution in [-0.4, -0.2) is 48.9 Å². The summed E-state index contributed by atoms with van der Waals surface area (Å²) in [7, 11) is 1.39. The predicted molar refractivity (Wildman–Crippen MR) is 97.4 cm³/mol. The van der Waals surface area contributed by atoms with Gasteiger partial charge in [-0.05, 0) is 62.6 Å². The molecule has 0 spiro atoms. The second-order valence-electron chi connectivity index (χ2n) is 7.56. The predicted octanol–water partition coefficient (Wildman–Crippen LogP) is 3.43. The van der Waals surface area contributed by atoms with E-state index in [0.29, 0.717) is 12.5 Å². The lowest BCUT2D eigenvalue weighted by Gasteiger charge is -2.32. The zero-order valence-electron chi connectivity index (χ0n) is 15.6. The van der Waals surface area contributed by atoms with Gasteiger partial charge in [-0.25, -0.2) is 9.18 Å². The molecule has 26 heavy (non-hydrogen) atoms. The monoisotopic (exact) mass is 364 g/mol. The lowest BCUT2D eigenvalue weighted by Crippen LogP contribution is -2.47. The summed E-state index contributed by atoms with van der Waals surface area (Å²) >= 11 is 0. The van der Waals surface area contributed by atoms with Crippen LogP contribution < -0.4 is 5.73 Å². The fourth-order valence-corrected chi connectivity index (χ4v) is 4.38. The molecule has 1 aliphatic carbocycles. The molecule has 3 rings (SSSR count). The molecular weight excluding hydrogens is 335 g/mol. The molecule has 1 aromatic carbocycles. The van der Waals surface area contributed by atoms with Gasteiger partial charge in [0, 0.05) is 12.1 Å². The number of amides is 1. The van der Waals surface area contributed by atoms with Crippen molar-refractivity contribution in [2.45, 2.75) is 69.2 Å². The molecule has 1 aromatic rings. The molecule has 3 atom stereocenters. The summed E-state index contributed by atoms with van der Waals surface area (Å²) in [6, 6.07) is 6.73. The average molecular weight is 364 g/mol. The van der Waals surface area contributed by atoms with Gasteiger partial charge >= 0.3 is 6.09 Å². The van der Waals surface area contributed by atoms with E-state index in [9.17, 15) is 9.18 Å². The van der Waals surface area contributed by atoms with E-state index in [1.54, 1.807) is 17.0 Å². The van der Waals surface area contributed by atoms with E-state index < -0.39 is 0 Å². The molecule has 5 nitrogen and oxygen atoms in total. The van der Waals surface area contributed by atoms with Crippen LogP contribution in [0.15, 0.2) is 24.3 Å². The minimum atomic E-state index is -0.339. The number of benzene rings is 1. The van der Waals surface area contributed by atoms with Gasteiger partial charge in [0.1, 0.15) is 5.82 Å². The number of halogens is 1. The summed E-state index contributed by atoms with van der Waals surface area (Å²) in [5.41, 5.74) is 7.29. The first-order valence-electron chi connectivity index (χ1n) is 9.48. The second kappa shape index (κ2) is 8.35. The summed E-state index contributed by atoms with van der Waals surface area (Å²) in [6.07, 6.45) is 4.45. The van der Waals surface area contributed by atoms with Crippen LogP contribution in [0, 0.1) is 5.82 Å². The number of likely N-dealkylation sites (tertiary alicyclic amines) is 1. The van der Waals surface area contributed by atoms with Crippen molar-refractivity contribution in [1.82, 2.24) is 4.90 Å². The number of nitrogens with zero attached hydrogens (tertiary/aromatic N) is 1. The maximum atomic E-state index is 13.4. The van der Waals surface area contributed by atoms with E-state index in [2.05, 4.69) is 0 Å². The molecule has 0 bridgehead atoms. The fourth-order valence-electron chi connectivity index (χ4n) is 4.38. The van der Waals surface area contributed by atoms with Gasteiger partial charge in [-0.15, -0.1) is 0 Å². The third-order valence-corrected chi connectivity index (χ3v) is 5.82. The molecule has 2 aliphatic rings. The van der Waals surface area contributed by atoms with Crippen LogP contribution in [-0.2, 0) is 9.47 Å². The maximum absolute atomic E-state index is 13.4. The standard InChI is InChI=1S/C20H29FN2O3/c1-13-10-18(22)19(23(13)20(24)25-2)12-26-17-8-6-14(7-9-17)15-4-3-5-16(21)11-15/h3-5,11,13-14,17-19H,6-10,12,22H2,1-2H3/t13-,14?,17?,18+,19+/m1/s1. The highest BCUT2D eigenvalue weighted by atomic mass is 19.1. The quantitative estimate of drug-likeness (QED) is 0.889. The van der Waals surface area contributed by atoms with Crippen LogP contribution in [0.1, 0.15) is 50.5 Å². The summed E-state index contributed by atoms with van der Waals surface area (Å²) in [5, 5.41) is 0. The van der Waals surface area contributed by atoms with E-state index in [1.807, 2.05) is 13.0 Å². The summed E-state index contributed by atoms with van der Waals surface area (Å²) in [5.74, 6) is 0.221. The smallest absolute Gasteiger partial charge is 0.410 e. The Balaban J connectivity index is 1.51. The van der Waals surface area contributed by atoms with Crippen LogP contribution in [0.2, 0.25) is 0 Å². The highest BCUT2D eigenvalue weighted by Crippen LogP contribution is 2.35. The van der Waals surface area contributed by atoms with Gasteiger partial charge in [0.2, 0.25) is 0 Å². The molecular formula is C20H29FN2O3. The van der Waals surface area contributed by atoms with Gasteiger partial charge < -0.3 is 15.2 Å². The number of rotatable bonds is 4. The summed E-state index contributed by atoms with van der Waals surface area (Å²) in [6.45, 7) is 2.43. The number of carbonyl (C=O) groups excluding carboxylic acids is 1. The van der Waals surface area contributed by atoms with Gasteiger partial charge in [-0.2, -0.15) is 0 Å². The molecule has 1 aliphatic heterocycles. The molecule has 0 aromatic heterocycles. The van der Waals surface area contributed by atoms with Crippen LogP contribution in [0.3, 0.4) is 0 Å². The number of hydrogen-bond acceptors (Lipinski definition) is 4. The number of nitrogens with two attached hydrogens (primary N) is 1. The van der Waals surface area contributed by atoms with Gasteiger partial charge in [0.05, 0.1) is 25.9 Å². The molecule has 2 N–H and O–H groups in total. The van der Waals surface area contributed by atoms with Gasteiger partial charge in [0.25, 0.3) is 0 Å². The van der Waals surface area contributed by atoms with Crippen LogP contribution in [0.25, 0.3) is 0 Å². The zero-order chi connectivity index (χ0) is 18.7. The maximum Gasteiger partial charge on any atom is 0.410 e. The highest BCUT2D eigenvalue weighted by molar-refractivity contribution is 5.69. The minimum absolute atomic E-state index is 0.0646. The molecule has 2 fully saturated rings. The van der Waals surface area contributed by atoms with E-state index in [1.165, 1.54) is 13.2 Å². The van der Waals surface area contributed by atoms with Crippen molar-refractivity contribution in [2.24, 2.45) is 5.73 Å². The molecule has 1 saturated carbocycles. The van der Waals surface area contributed by atoms with Crippen molar-refractivity contribution in [3.8, 4) is 0 Å². The molecule has 0 radical (unpaired) electrons. The van der Waals surface area contributed by atoms with E-state index >= 15 is 0 Å². The Labute approximate surface area is 154 Å². The van der Waals surface area contributed by atoms with Crippen molar-refractivity contribution in [3.05, 3.63) is 35.6 Å². The van der Waals surface area contributed by atoms with E-state index in [4.69, 9.17) is 15.2 Å². The molecule has 1 saturated heterocycles. The van der Waals surface area contributed by atoms with Gasteiger partial charge in [0.15, 0.2) is 0 Å². The Morgan fingerprint density at radius 2 is 2.04 bits per heavy atom. The second-order valence-corrected chi connectivity index (χ2v) is 7.56. The Morgan fingerprint density at radius 1 is 1.31 bits per heavy atom. The van der Waals surface area contributed by atoms with Crippen molar-refractivity contribution in [2.75, 3.05) is 13.7 Å². The average Bonchev–Trinajstić information content (AvgIpc) is 2.93. The highest BCUT2D eigenvalue weighted by Gasteiger charge is 2.41. The number of carbonyl (C=O) groups is 1. The minimum Gasteiger partial charge on any atom is -0.453 e. The lowest BCUT2D eigenvalue weighted by atomic mass is 9.82. The lowest BCUT2D eigenvalue weighted by molar-refractivity contribution is -0.00790. The fraction of sp³-hybridized carbons (Fsp3) is 0.650. The van der Waals surface area contributed by atoms with Crippen molar-refractivity contribution < 1.29 is 18.7 Å². The van der Waals surface area contributed by atoms with E-state index in [-0.39, 0.29) is 36.1 Å². The van der Waals surface area contributed by atoms with E-state index in [0.717, 1.165) is 37.7 Å². The number of hydrogen-bond donors (Lipinski definition) is 1. The molecule has 0 unspecified atom stereocenters. The Bertz CT molecular complexity index is 619. The molecule has 1 heterocycles. The number of ether oxygens (including phenoxy) is 2. The molecule has 6 heteroatoms. The van der Waals surface area contributed by atoms with Crippen molar-refractivity contribution >= 4 is 6.09 Å². The molecule has 1 amide bonds. The largest absolute Gasteiger partial charge is 0.453 e. The van der Waals surface area contributed by atoms with Gasteiger partial charge in [-0.1, -0.05) is 12.1 Å². The normalized spacial score (nSPS) is 31.8. The first-order valence-corrected chi connectivity index (χ1v) is 9.48. The van der Waals surface area contributed by atoms with Crippen LogP contribution in [0.5, 0.6) is 0 Å². The SMILES string of the molecule is COC(=O)N1[C@H](C)C[C@H](N)[C@@H]1COC1CCC(c2cccc(F)c2)CC1. The summed E-state index contributed by atoms with van der Waals surface area (Å²) < 4.78 is 24.4. The zero-order valence-corrected chi connectivity index (χ0v) is 15.6. The Kier molecular flexibility index (Phi) is 6.14. The number of methoxy groups -OCH3 is 1. The van der Waals surface area contributed by atoms with Crippen molar-refractivity contribution in [3.63, 3.8) is 0 Å². The third-order valence-electron chi connectivity index (χ3n) is 5.82.